The summed E-state index contributed by atoms with van der Waals surface area (Å²) in [6, 6.07) is 7.50. The Kier molecular flexibility index (Phi) is 5.30. The van der Waals surface area contributed by atoms with Gasteiger partial charge in [-0.1, -0.05) is 6.92 Å². The van der Waals surface area contributed by atoms with Gasteiger partial charge < -0.3 is 19.5 Å². The Balaban J connectivity index is 1.39. The molecule has 10 heteroatoms. The van der Waals surface area contributed by atoms with Crippen LogP contribution in [-0.4, -0.2) is 54.1 Å². The van der Waals surface area contributed by atoms with Gasteiger partial charge in [-0.15, -0.1) is 0 Å². The lowest BCUT2D eigenvalue weighted by molar-refractivity contribution is -0.0944. The van der Waals surface area contributed by atoms with Crippen LogP contribution in [0.15, 0.2) is 36.9 Å². The van der Waals surface area contributed by atoms with Crippen molar-refractivity contribution in [1.82, 2.24) is 19.5 Å². The number of carbonyl (C=O) groups is 1. The fourth-order valence-electron chi connectivity index (χ4n) is 5.29. The molecule has 2 fully saturated rings. The fourth-order valence-corrected chi connectivity index (χ4v) is 5.29. The molecule has 182 valence electrons. The largest absolute Gasteiger partial charge is 0.441 e. The second kappa shape index (κ2) is 8.00. The van der Waals surface area contributed by atoms with Gasteiger partial charge in [0.1, 0.15) is 11.2 Å². The van der Waals surface area contributed by atoms with E-state index in [0.717, 1.165) is 11.0 Å². The molecule has 3 aromatic rings. The standard InChI is InChI=1S/C25H28N6O4/c1-23(2,34)19-10-28-21(11-27-19)31-14-25(35-22(31)33)7-6-20(32)24(3,12-25)13-30-15-29-17-5-4-16(9-26)8-18(17)30/h4-5,8,10-11,15,20,32,34H,6-7,12-14H2,1-3H3/t20-,24+,25+/m0/s1. The molecule has 3 atom stereocenters. The number of nitriles is 1. The molecule has 2 aliphatic rings. The highest BCUT2D eigenvalue weighted by Crippen LogP contribution is 2.48. The summed E-state index contributed by atoms with van der Waals surface area (Å²) in [5.41, 5.74) is 0.0528. The number of aliphatic hydroxyl groups is 2. The number of nitrogens with zero attached hydrogens (tertiary/aromatic N) is 6. The number of benzene rings is 1. The van der Waals surface area contributed by atoms with E-state index in [0.29, 0.717) is 49.4 Å². The van der Waals surface area contributed by atoms with Crippen molar-refractivity contribution >= 4 is 22.9 Å². The molecule has 5 rings (SSSR count). The van der Waals surface area contributed by atoms with Crippen molar-refractivity contribution in [1.29, 1.82) is 5.26 Å². The molecule has 0 bridgehead atoms. The Labute approximate surface area is 202 Å². The molecule has 0 radical (unpaired) electrons. The van der Waals surface area contributed by atoms with Gasteiger partial charge in [-0.05, 0) is 51.3 Å². The van der Waals surface area contributed by atoms with E-state index in [9.17, 15) is 20.3 Å². The predicted octanol–water partition coefficient (Wildman–Crippen LogP) is 2.87. The first-order valence-electron chi connectivity index (χ1n) is 11.6. The molecular weight excluding hydrogens is 448 g/mol. The summed E-state index contributed by atoms with van der Waals surface area (Å²) in [4.78, 5) is 27.4. The van der Waals surface area contributed by atoms with Gasteiger partial charge in [0, 0.05) is 12.0 Å². The van der Waals surface area contributed by atoms with Crippen LogP contribution in [0.4, 0.5) is 10.6 Å². The average molecular weight is 477 g/mol. The Hall–Kier alpha value is -3.55. The summed E-state index contributed by atoms with van der Waals surface area (Å²) in [6.45, 7) is 5.99. The third-order valence-corrected chi connectivity index (χ3v) is 7.20. The van der Waals surface area contributed by atoms with E-state index in [1.807, 2.05) is 17.6 Å². The molecule has 3 heterocycles. The number of ether oxygens (including phenoxy) is 1. The molecule has 1 saturated heterocycles. The lowest BCUT2D eigenvalue weighted by Crippen LogP contribution is -2.51. The summed E-state index contributed by atoms with van der Waals surface area (Å²) in [6.07, 6.45) is 5.02. The molecule has 10 nitrogen and oxygen atoms in total. The number of fused-ring (bicyclic) bond motifs is 1. The molecule has 1 aliphatic heterocycles. The maximum Gasteiger partial charge on any atom is 0.416 e. The van der Waals surface area contributed by atoms with E-state index in [2.05, 4.69) is 21.0 Å². The number of hydrogen-bond donors (Lipinski definition) is 2. The van der Waals surface area contributed by atoms with Gasteiger partial charge in [0.15, 0.2) is 5.82 Å². The fraction of sp³-hybridized carbons (Fsp3) is 0.480. The molecule has 1 amide bonds. The zero-order valence-corrected chi connectivity index (χ0v) is 20.0. The van der Waals surface area contributed by atoms with Crippen LogP contribution in [0.5, 0.6) is 0 Å². The van der Waals surface area contributed by atoms with Crippen molar-refractivity contribution in [3.05, 3.63) is 48.2 Å². The predicted molar refractivity (Wildman–Crippen MR) is 126 cm³/mol. The van der Waals surface area contributed by atoms with Crippen LogP contribution in [-0.2, 0) is 16.9 Å². The number of aromatic nitrogens is 4. The first kappa shape index (κ1) is 23.2. The summed E-state index contributed by atoms with van der Waals surface area (Å²) < 4.78 is 7.88. The summed E-state index contributed by atoms with van der Waals surface area (Å²) in [5, 5.41) is 30.4. The van der Waals surface area contributed by atoms with Crippen LogP contribution in [0.25, 0.3) is 11.0 Å². The van der Waals surface area contributed by atoms with Gasteiger partial charge in [-0.25, -0.2) is 14.8 Å². The zero-order chi connectivity index (χ0) is 25.0. The summed E-state index contributed by atoms with van der Waals surface area (Å²) in [5.74, 6) is 0.359. The highest BCUT2D eigenvalue weighted by atomic mass is 16.6. The van der Waals surface area contributed by atoms with Gasteiger partial charge in [0.2, 0.25) is 0 Å². The second-order valence-corrected chi connectivity index (χ2v) is 10.5. The minimum absolute atomic E-state index is 0.300. The van der Waals surface area contributed by atoms with Crippen LogP contribution in [0, 0.1) is 16.7 Å². The van der Waals surface area contributed by atoms with Gasteiger partial charge in [-0.2, -0.15) is 5.26 Å². The Bertz CT molecular complexity index is 1320. The van der Waals surface area contributed by atoms with Gasteiger partial charge >= 0.3 is 6.09 Å². The highest BCUT2D eigenvalue weighted by molar-refractivity contribution is 5.89. The van der Waals surface area contributed by atoms with E-state index >= 15 is 0 Å². The molecule has 1 spiro atoms. The first-order chi connectivity index (χ1) is 16.5. The Morgan fingerprint density at radius 1 is 1.29 bits per heavy atom. The molecule has 1 aliphatic carbocycles. The van der Waals surface area contributed by atoms with Crippen LogP contribution in [0.3, 0.4) is 0 Å². The number of anilines is 1. The lowest BCUT2D eigenvalue weighted by atomic mass is 9.66. The van der Waals surface area contributed by atoms with Crippen LogP contribution in [0.1, 0.15) is 51.3 Å². The Morgan fingerprint density at radius 2 is 2.09 bits per heavy atom. The molecule has 1 aromatic carbocycles. The maximum atomic E-state index is 12.9. The number of rotatable bonds is 4. The third kappa shape index (κ3) is 4.11. The van der Waals surface area contributed by atoms with E-state index in [-0.39, 0.29) is 0 Å². The number of aliphatic hydroxyl groups excluding tert-OH is 1. The van der Waals surface area contributed by atoms with Crippen molar-refractivity contribution in [3.8, 4) is 6.07 Å². The monoisotopic (exact) mass is 476 g/mol. The smallest absolute Gasteiger partial charge is 0.416 e. The normalized spacial score (nSPS) is 26.8. The van der Waals surface area contributed by atoms with E-state index in [1.165, 1.54) is 17.3 Å². The topological polar surface area (TPSA) is 137 Å². The minimum Gasteiger partial charge on any atom is -0.441 e. The van der Waals surface area contributed by atoms with Gasteiger partial charge in [0.25, 0.3) is 0 Å². The number of amides is 1. The van der Waals surface area contributed by atoms with Crippen molar-refractivity contribution in [2.45, 2.75) is 63.9 Å². The second-order valence-electron chi connectivity index (χ2n) is 10.5. The summed E-state index contributed by atoms with van der Waals surface area (Å²) in [7, 11) is 0. The molecule has 2 N–H and O–H groups in total. The van der Waals surface area contributed by atoms with E-state index < -0.39 is 28.8 Å². The van der Waals surface area contributed by atoms with Gasteiger partial charge in [-0.3, -0.25) is 9.88 Å². The minimum atomic E-state index is -1.13. The quantitative estimate of drug-likeness (QED) is 0.586. The third-order valence-electron chi connectivity index (χ3n) is 7.20. The summed E-state index contributed by atoms with van der Waals surface area (Å²) >= 11 is 0. The molecule has 2 aromatic heterocycles. The Morgan fingerprint density at radius 3 is 2.77 bits per heavy atom. The van der Waals surface area contributed by atoms with E-state index in [4.69, 9.17) is 4.74 Å². The van der Waals surface area contributed by atoms with Gasteiger partial charge in [0.05, 0.1) is 59.7 Å². The van der Waals surface area contributed by atoms with Crippen LogP contribution >= 0.6 is 0 Å². The van der Waals surface area contributed by atoms with Crippen molar-refractivity contribution in [2.24, 2.45) is 5.41 Å². The molecule has 1 saturated carbocycles. The number of carbonyl (C=O) groups excluding carboxylic acids is 1. The van der Waals surface area contributed by atoms with Crippen LogP contribution in [0.2, 0.25) is 0 Å². The lowest BCUT2D eigenvalue weighted by Gasteiger charge is -2.46. The maximum absolute atomic E-state index is 12.9. The zero-order valence-electron chi connectivity index (χ0n) is 20.0. The number of imidazole rings is 1. The molecular formula is C25H28N6O4. The van der Waals surface area contributed by atoms with E-state index in [1.54, 1.807) is 32.3 Å². The van der Waals surface area contributed by atoms with Crippen molar-refractivity contribution in [2.75, 3.05) is 11.4 Å². The molecule has 0 unspecified atom stereocenters. The van der Waals surface area contributed by atoms with Crippen molar-refractivity contribution < 1.29 is 19.7 Å². The first-order valence-corrected chi connectivity index (χ1v) is 11.6. The van der Waals surface area contributed by atoms with Crippen LogP contribution < -0.4 is 4.90 Å². The average Bonchev–Trinajstić information content (AvgIpc) is 3.36. The van der Waals surface area contributed by atoms with Crippen molar-refractivity contribution in [3.63, 3.8) is 0 Å². The highest BCUT2D eigenvalue weighted by Gasteiger charge is 2.55. The number of hydrogen-bond acceptors (Lipinski definition) is 8. The molecule has 35 heavy (non-hydrogen) atoms. The SMILES string of the molecule is CC(C)(O)c1cnc(N2C[C@]3(CC[C@H](O)[C@@](C)(Cn4cnc5ccc(C#N)cc54)C3)OC2=O)cn1.